The van der Waals surface area contributed by atoms with Crippen LogP contribution in [-0.2, 0) is 4.79 Å². The molecule has 0 aliphatic carbocycles. The second-order valence-electron chi connectivity index (χ2n) is 5.02. The van der Waals surface area contributed by atoms with Gasteiger partial charge in [-0.15, -0.1) is 3.89 Å². The van der Waals surface area contributed by atoms with E-state index in [1.165, 1.54) is 12.3 Å². The van der Waals surface area contributed by atoms with Crippen molar-refractivity contribution < 1.29 is 13.5 Å². The summed E-state index contributed by atoms with van der Waals surface area (Å²) in [5.74, 6) is -1.10. The SMILES string of the molecule is C=CC(=O)Nc1cccc(-c2cc3c(C(N)=O)nn(SF)c3cn2)c1. The van der Waals surface area contributed by atoms with Gasteiger partial charge in [0.1, 0.15) is 5.52 Å². The van der Waals surface area contributed by atoms with E-state index >= 15 is 0 Å². The molecule has 25 heavy (non-hydrogen) atoms. The summed E-state index contributed by atoms with van der Waals surface area (Å²) in [4.78, 5) is 27.2. The molecule has 0 spiro atoms. The van der Waals surface area contributed by atoms with Crippen molar-refractivity contribution in [2.45, 2.75) is 0 Å². The van der Waals surface area contributed by atoms with Crippen LogP contribution in [0.25, 0.3) is 22.2 Å². The highest BCUT2D eigenvalue weighted by molar-refractivity contribution is 7.92. The molecule has 0 fully saturated rings. The molecule has 0 aliphatic rings. The number of amides is 2. The number of aromatic nitrogens is 3. The first-order valence-electron chi connectivity index (χ1n) is 7.05. The van der Waals surface area contributed by atoms with Gasteiger partial charge in [-0.3, -0.25) is 14.6 Å². The predicted octanol–water partition coefficient (Wildman–Crippen LogP) is 2.70. The van der Waals surface area contributed by atoms with Gasteiger partial charge in [0.05, 0.1) is 11.9 Å². The van der Waals surface area contributed by atoms with Crippen molar-refractivity contribution in [3.05, 3.63) is 54.9 Å². The molecule has 9 heteroatoms. The third-order valence-electron chi connectivity index (χ3n) is 3.44. The fourth-order valence-corrected chi connectivity index (χ4v) is 2.66. The molecule has 0 unspecified atom stereocenters. The van der Waals surface area contributed by atoms with Crippen LogP contribution >= 0.6 is 12.3 Å². The zero-order valence-electron chi connectivity index (χ0n) is 12.8. The van der Waals surface area contributed by atoms with Gasteiger partial charge in [-0.1, -0.05) is 18.7 Å². The minimum absolute atomic E-state index is 0.0417. The Bertz CT molecular complexity index is 1000. The summed E-state index contributed by atoms with van der Waals surface area (Å²) in [6.07, 6.45) is 2.57. The van der Waals surface area contributed by atoms with E-state index in [0.717, 1.165) is 4.09 Å². The van der Waals surface area contributed by atoms with Gasteiger partial charge in [-0.2, -0.15) is 9.19 Å². The fraction of sp³-hybridized carbons (Fsp3) is 0. The molecule has 3 N–H and O–H groups in total. The maximum absolute atomic E-state index is 13.0. The van der Waals surface area contributed by atoms with Crippen LogP contribution in [0.3, 0.4) is 0 Å². The summed E-state index contributed by atoms with van der Waals surface area (Å²) >= 11 is -0.149. The number of carbonyl (C=O) groups excluding carboxylic acids is 2. The first-order chi connectivity index (χ1) is 12.0. The van der Waals surface area contributed by atoms with E-state index in [2.05, 4.69) is 22.0 Å². The number of hydrogen-bond donors (Lipinski definition) is 2. The third kappa shape index (κ3) is 3.22. The maximum atomic E-state index is 13.0. The van der Waals surface area contributed by atoms with Gasteiger partial charge in [-0.25, -0.2) is 0 Å². The Balaban J connectivity index is 2.09. The van der Waals surface area contributed by atoms with Gasteiger partial charge in [0, 0.05) is 16.6 Å². The molecule has 2 aromatic heterocycles. The van der Waals surface area contributed by atoms with E-state index in [9.17, 15) is 13.5 Å². The number of benzene rings is 1. The minimum atomic E-state index is -0.762. The van der Waals surface area contributed by atoms with Crippen LogP contribution in [0.5, 0.6) is 0 Å². The largest absolute Gasteiger partial charge is 0.364 e. The van der Waals surface area contributed by atoms with Crippen LogP contribution in [0, 0.1) is 0 Å². The van der Waals surface area contributed by atoms with Crippen molar-refractivity contribution in [1.29, 1.82) is 0 Å². The van der Waals surface area contributed by atoms with Crippen LogP contribution in [0.1, 0.15) is 10.5 Å². The molecule has 0 aliphatic heterocycles. The quantitative estimate of drug-likeness (QED) is 0.684. The lowest BCUT2D eigenvalue weighted by Crippen LogP contribution is -2.12. The lowest BCUT2D eigenvalue weighted by atomic mass is 10.1. The molecule has 2 heterocycles. The molecule has 0 saturated heterocycles. The van der Waals surface area contributed by atoms with Crippen LogP contribution in [0.4, 0.5) is 9.57 Å². The topological polar surface area (TPSA) is 103 Å². The molecule has 0 bridgehead atoms. The molecule has 1 aromatic carbocycles. The van der Waals surface area contributed by atoms with Crippen molar-refractivity contribution in [2.24, 2.45) is 5.73 Å². The zero-order chi connectivity index (χ0) is 18.0. The van der Waals surface area contributed by atoms with Crippen molar-refractivity contribution in [2.75, 3.05) is 5.32 Å². The van der Waals surface area contributed by atoms with Crippen molar-refractivity contribution >= 4 is 40.7 Å². The Kier molecular flexibility index (Phi) is 4.48. The molecule has 2 amide bonds. The minimum Gasteiger partial charge on any atom is -0.364 e. The van der Waals surface area contributed by atoms with Gasteiger partial charge in [-0.05, 0) is 24.3 Å². The highest BCUT2D eigenvalue weighted by Gasteiger charge is 2.17. The summed E-state index contributed by atoms with van der Waals surface area (Å²) in [7, 11) is 0. The number of pyridine rings is 1. The number of primary amides is 1. The average molecular weight is 357 g/mol. The summed E-state index contributed by atoms with van der Waals surface area (Å²) in [5.41, 5.74) is 7.38. The number of halogens is 1. The average Bonchev–Trinajstić information content (AvgIpc) is 3.00. The highest BCUT2D eigenvalue weighted by Crippen LogP contribution is 2.28. The van der Waals surface area contributed by atoms with Gasteiger partial charge in [0.2, 0.25) is 5.91 Å². The molecule has 0 radical (unpaired) electrons. The molecule has 3 aromatic rings. The first kappa shape index (κ1) is 16.7. The number of nitrogens with two attached hydrogens (primary N) is 1. The Hall–Kier alpha value is -3.20. The molecule has 126 valence electrons. The number of carbonyl (C=O) groups is 2. The molecular formula is C16H12FN5O2S. The molecule has 7 nitrogen and oxygen atoms in total. The van der Waals surface area contributed by atoms with Crippen LogP contribution in [0.15, 0.2) is 49.2 Å². The number of nitrogens with one attached hydrogen (secondary N) is 1. The highest BCUT2D eigenvalue weighted by atomic mass is 32.2. The van der Waals surface area contributed by atoms with Crippen molar-refractivity contribution in [1.82, 2.24) is 14.2 Å². The normalized spacial score (nSPS) is 10.6. The number of rotatable bonds is 5. The number of fused-ring (bicyclic) bond motifs is 1. The molecule has 0 atom stereocenters. The van der Waals surface area contributed by atoms with Gasteiger partial charge < -0.3 is 11.1 Å². The van der Waals surface area contributed by atoms with Crippen molar-refractivity contribution in [3.63, 3.8) is 0 Å². The summed E-state index contributed by atoms with van der Waals surface area (Å²) < 4.78 is 13.9. The van der Waals surface area contributed by atoms with Crippen LogP contribution in [0.2, 0.25) is 0 Å². The van der Waals surface area contributed by atoms with E-state index < -0.39 is 5.91 Å². The Morgan fingerprint density at radius 2 is 2.16 bits per heavy atom. The summed E-state index contributed by atoms with van der Waals surface area (Å²) in [6.45, 7) is 3.40. The van der Waals surface area contributed by atoms with Gasteiger partial charge in [0.15, 0.2) is 18.0 Å². The lowest BCUT2D eigenvalue weighted by Gasteiger charge is -2.06. The summed E-state index contributed by atoms with van der Waals surface area (Å²) in [5, 5.41) is 6.88. The van der Waals surface area contributed by atoms with E-state index in [0.29, 0.717) is 27.8 Å². The predicted molar refractivity (Wildman–Crippen MR) is 94.4 cm³/mol. The van der Waals surface area contributed by atoms with Crippen molar-refractivity contribution in [3.8, 4) is 11.3 Å². The first-order valence-corrected chi connectivity index (χ1v) is 7.72. The Morgan fingerprint density at radius 3 is 2.84 bits per heavy atom. The van der Waals surface area contributed by atoms with E-state index in [-0.39, 0.29) is 23.9 Å². The van der Waals surface area contributed by atoms with Crippen LogP contribution < -0.4 is 11.1 Å². The smallest absolute Gasteiger partial charge is 0.269 e. The number of nitrogens with zero attached hydrogens (tertiary/aromatic N) is 3. The van der Waals surface area contributed by atoms with Crippen LogP contribution in [-0.4, -0.2) is 26.0 Å². The number of anilines is 1. The number of hydrogen-bond acceptors (Lipinski definition) is 5. The standard InChI is InChI=1S/C16H12FN5O2S/c1-2-14(23)20-10-5-3-4-9(6-10)12-7-11-13(8-19-12)22(25-17)21-15(11)16(18)24/h2-8H,1H2,(H2,18,24)(H,20,23). The second-order valence-corrected chi connectivity index (χ2v) is 5.50. The third-order valence-corrected chi connectivity index (χ3v) is 3.85. The van der Waals surface area contributed by atoms with E-state index in [1.54, 1.807) is 30.3 Å². The maximum Gasteiger partial charge on any atom is 0.269 e. The van der Waals surface area contributed by atoms with E-state index in [4.69, 9.17) is 5.73 Å². The molecule has 0 saturated carbocycles. The fourth-order valence-electron chi connectivity index (χ4n) is 2.33. The van der Waals surface area contributed by atoms with E-state index in [1.807, 2.05) is 0 Å². The monoisotopic (exact) mass is 357 g/mol. The second kappa shape index (κ2) is 6.73. The molecular weight excluding hydrogens is 345 g/mol. The Labute approximate surface area is 146 Å². The van der Waals surface area contributed by atoms with Gasteiger partial charge >= 0.3 is 0 Å². The zero-order valence-corrected chi connectivity index (χ0v) is 13.6. The summed E-state index contributed by atoms with van der Waals surface area (Å²) in [6, 6.07) is 8.57. The molecule has 3 rings (SSSR count). The Morgan fingerprint density at radius 1 is 1.36 bits per heavy atom. The van der Waals surface area contributed by atoms with Gasteiger partial charge in [0.25, 0.3) is 5.91 Å². The lowest BCUT2D eigenvalue weighted by molar-refractivity contribution is -0.111.